The minimum Gasteiger partial charge on any atom is -0.489 e. The van der Waals surface area contributed by atoms with Crippen LogP contribution in [-0.4, -0.2) is 29.4 Å². The number of nitrogens with one attached hydrogen (secondary N) is 2. The van der Waals surface area contributed by atoms with Crippen molar-refractivity contribution in [3.8, 4) is 5.75 Å². The molecule has 1 saturated heterocycles. The number of fused-ring (bicyclic) bond motifs is 1. The van der Waals surface area contributed by atoms with Crippen molar-refractivity contribution in [1.29, 1.82) is 0 Å². The second-order valence-electron chi connectivity index (χ2n) is 4.61. The summed E-state index contributed by atoms with van der Waals surface area (Å²) in [7, 11) is 0. The Morgan fingerprint density at radius 1 is 1.41 bits per heavy atom. The number of aromatic nitrogens is 2. The Morgan fingerprint density at radius 2 is 2.35 bits per heavy atom. The van der Waals surface area contributed by atoms with E-state index in [0.717, 1.165) is 36.2 Å². The molecule has 1 atom stereocenters. The highest BCUT2D eigenvalue weighted by atomic mass is 16.5. The summed E-state index contributed by atoms with van der Waals surface area (Å²) < 4.78 is 6.06. The quantitative estimate of drug-likeness (QED) is 0.831. The van der Waals surface area contributed by atoms with Gasteiger partial charge in [-0.05, 0) is 38.4 Å². The van der Waals surface area contributed by atoms with Gasteiger partial charge in [-0.1, -0.05) is 0 Å². The number of rotatable bonds is 2. The highest BCUT2D eigenvalue weighted by Crippen LogP contribution is 2.27. The Morgan fingerprint density at radius 3 is 3.18 bits per heavy atom. The van der Waals surface area contributed by atoms with Crippen LogP contribution in [-0.2, 0) is 0 Å². The van der Waals surface area contributed by atoms with E-state index in [0.29, 0.717) is 6.10 Å². The number of aromatic amines is 1. The van der Waals surface area contributed by atoms with Gasteiger partial charge in [-0.15, -0.1) is 0 Å². The fourth-order valence-corrected chi connectivity index (χ4v) is 2.37. The zero-order valence-corrected chi connectivity index (χ0v) is 9.99. The number of hydrogen-bond acceptors (Lipinski definition) is 3. The van der Waals surface area contributed by atoms with E-state index < -0.39 is 0 Å². The van der Waals surface area contributed by atoms with Crippen LogP contribution in [0.25, 0.3) is 10.9 Å². The van der Waals surface area contributed by atoms with Gasteiger partial charge in [0.05, 0.1) is 11.7 Å². The van der Waals surface area contributed by atoms with Crippen LogP contribution in [0.15, 0.2) is 18.3 Å². The van der Waals surface area contributed by atoms with E-state index in [1.54, 1.807) is 0 Å². The normalized spacial score (nSPS) is 20.6. The van der Waals surface area contributed by atoms with Gasteiger partial charge in [-0.25, -0.2) is 0 Å². The molecule has 0 amide bonds. The predicted molar refractivity (Wildman–Crippen MR) is 67.4 cm³/mol. The molecule has 2 N–H and O–H groups in total. The molecule has 90 valence electrons. The SMILES string of the molecule is Cc1c(OC2CCCNC2)ccc2[nH]ncc12. The fraction of sp³-hybridized carbons (Fsp3) is 0.462. The van der Waals surface area contributed by atoms with Crippen molar-refractivity contribution >= 4 is 10.9 Å². The lowest BCUT2D eigenvalue weighted by atomic mass is 10.1. The number of hydrogen-bond donors (Lipinski definition) is 2. The molecule has 1 aliphatic heterocycles. The average Bonchev–Trinajstić information content (AvgIpc) is 2.83. The van der Waals surface area contributed by atoms with Crippen LogP contribution in [0.2, 0.25) is 0 Å². The lowest BCUT2D eigenvalue weighted by molar-refractivity contribution is 0.166. The maximum atomic E-state index is 6.06. The monoisotopic (exact) mass is 231 g/mol. The van der Waals surface area contributed by atoms with Gasteiger partial charge in [0.15, 0.2) is 0 Å². The molecule has 17 heavy (non-hydrogen) atoms. The molecule has 0 radical (unpaired) electrons. The van der Waals surface area contributed by atoms with Gasteiger partial charge < -0.3 is 10.1 Å². The molecular weight excluding hydrogens is 214 g/mol. The first-order valence-electron chi connectivity index (χ1n) is 6.14. The van der Waals surface area contributed by atoms with Crippen LogP contribution in [0.4, 0.5) is 0 Å². The van der Waals surface area contributed by atoms with E-state index in [9.17, 15) is 0 Å². The van der Waals surface area contributed by atoms with E-state index in [1.807, 2.05) is 18.3 Å². The van der Waals surface area contributed by atoms with Gasteiger partial charge in [-0.3, -0.25) is 5.10 Å². The van der Waals surface area contributed by atoms with Crippen molar-refractivity contribution in [1.82, 2.24) is 15.5 Å². The first kappa shape index (κ1) is 10.6. The molecule has 3 rings (SSSR count). The smallest absolute Gasteiger partial charge is 0.123 e. The highest BCUT2D eigenvalue weighted by Gasteiger charge is 2.16. The zero-order valence-electron chi connectivity index (χ0n) is 9.99. The number of nitrogens with zero attached hydrogens (tertiary/aromatic N) is 1. The van der Waals surface area contributed by atoms with Gasteiger partial charge in [0.1, 0.15) is 11.9 Å². The van der Waals surface area contributed by atoms with Gasteiger partial charge in [0.2, 0.25) is 0 Å². The maximum Gasteiger partial charge on any atom is 0.123 e. The lowest BCUT2D eigenvalue weighted by Gasteiger charge is -2.24. The number of H-pyrrole nitrogens is 1. The Balaban J connectivity index is 1.86. The van der Waals surface area contributed by atoms with Crippen molar-refractivity contribution in [3.05, 3.63) is 23.9 Å². The zero-order chi connectivity index (χ0) is 11.7. The van der Waals surface area contributed by atoms with Crippen LogP contribution in [0, 0.1) is 6.92 Å². The van der Waals surface area contributed by atoms with E-state index in [1.165, 1.54) is 12.0 Å². The predicted octanol–water partition coefficient (Wildman–Crippen LogP) is 2.00. The summed E-state index contributed by atoms with van der Waals surface area (Å²) in [6, 6.07) is 4.06. The number of piperidine rings is 1. The summed E-state index contributed by atoms with van der Waals surface area (Å²) in [6.07, 6.45) is 4.48. The van der Waals surface area contributed by atoms with Crippen molar-refractivity contribution in [2.45, 2.75) is 25.9 Å². The Kier molecular flexibility index (Phi) is 2.73. The number of ether oxygens (including phenoxy) is 1. The largest absolute Gasteiger partial charge is 0.489 e. The molecule has 1 aromatic carbocycles. The standard InChI is InChI=1S/C13H17N3O/c1-9-11-8-15-16-12(11)4-5-13(9)17-10-3-2-6-14-7-10/h4-5,8,10,14H,2-3,6-7H2,1H3,(H,15,16). The molecule has 1 fully saturated rings. The van der Waals surface area contributed by atoms with Crippen LogP contribution < -0.4 is 10.1 Å². The van der Waals surface area contributed by atoms with Gasteiger partial charge in [0.25, 0.3) is 0 Å². The summed E-state index contributed by atoms with van der Waals surface area (Å²) >= 11 is 0. The molecule has 4 nitrogen and oxygen atoms in total. The molecule has 1 aromatic heterocycles. The van der Waals surface area contributed by atoms with Crippen molar-refractivity contribution in [2.75, 3.05) is 13.1 Å². The van der Waals surface area contributed by atoms with Crippen LogP contribution >= 0.6 is 0 Å². The number of benzene rings is 1. The Labute approximate surface area is 100 Å². The van der Waals surface area contributed by atoms with Crippen LogP contribution in [0.5, 0.6) is 5.75 Å². The summed E-state index contributed by atoms with van der Waals surface area (Å²) in [6.45, 7) is 4.14. The summed E-state index contributed by atoms with van der Waals surface area (Å²) in [5, 5.41) is 11.5. The first-order valence-corrected chi connectivity index (χ1v) is 6.14. The third-order valence-corrected chi connectivity index (χ3v) is 3.39. The molecular formula is C13H17N3O. The van der Waals surface area contributed by atoms with Crippen LogP contribution in [0.1, 0.15) is 18.4 Å². The third kappa shape index (κ3) is 2.00. The first-order chi connectivity index (χ1) is 8.34. The second-order valence-corrected chi connectivity index (χ2v) is 4.61. The summed E-state index contributed by atoms with van der Waals surface area (Å²) in [5.74, 6) is 0.979. The molecule has 1 unspecified atom stereocenters. The third-order valence-electron chi connectivity index (χ3n) is 3.39. The van der Waals surface area contributed by atoms with Gasteiger partial charge in [0, 0.05) is 17.5 Å². The molecule has 2 aromatic rings. The lowest BCUT2D eigenvalue weighted by Crippen LogP contribution is -2.37. The topological polar surface area (TPSA) is 49.9 Å². The van der Waals surface area contributed by atoms with E-state index >= 15 is 0 Å². The molecule has 4 heteroatoms. The highest BCUT2D eigenvalue weighted by molar-refractivity contribution is 5.83. The summed E-state index contributed by atoms with van der Waals surface area (Å²) in [5.41, 5.74) is 2.23. The van der Waals surface area contributed by atoms with E-state index in [2.05, 4.69) is 22.4 Å². The summed E-state index contributed by atoms with van der Waals surface area (Å²) in [4.78, 5) is 0. The van der Waals surface area contributed by atoms with Gasteiger partial charge >= 0.3 is 0 Å². The van der Waals surface area contributed by atoms with Crippen molar-refractivity contribution < 1.29 is 4.74 Å². The molecule has 1 aliphatic rings. The van der Waals surface area contributed by atoms with Gasteiger partial charge in [-0.2, -0.15) is 5.10 Å². The van der Waals surface area contributed by atoms with E-state index in [4.69, 9.17) is 4.74 Å². The van der Waals surface area contributed by atoms with Crippen molar-refractivity contribution in [3.63, 3.8) is 0 Å². The number of aryl methyl sites for hydroxylation is 1. The minimum atomic E-state index is 0.298. The molecule has 0 aliphatic carbocycles. The molecule has 0 saturated carbocycles. The second kappa shape index (κ2) is 4.37. The Bertz CT molecular complexity index is 514. The molecule has 2 heterocycles. The van der Waals surface area contributed by atoms with Crippen molar-refractivity contribution in [2.24, 2.45) is 0 Å². The average molecular weight is 231 g/mol. The van der Waals surface area contributed by atoms with Crippen LogP contribution in [0.3, 0.4) is 0 Å². The molecule has 0 bridgehead atoms. The van der Waals surface area contributed by atoms with E-state index in [-0.39, 0.29) is 0 Å². The maximum absolute atomic E-state index is 6.06. The minimum absolute atomic E-state index is 0.298. The Hall–Kier alpha value is -1.55. The molecule has 0 spiro atoms. The fourth-order valence-electron chi connectivity index (χ4n) is 2.37.